The van der Waals surface area contributed by atoms with Crippen LogP contribution in [0.5, 0.6) is 5.75 Å². The number of hydrogen-bond donors (Lipinski definition) is 1. The van der Waals surface area contributed by atoms with Crippen LogP contribution in [0.15, 0.2) is 77.5 Å². The summed E-state index contributed by atoms with van der Waals surface area (Å²) in [5.74, 6) is -0.854. The van der Waals surface area contributed by atoms with E-state index in [2.05, 4.69) is 50.5 Å². The average Bonchev–Trinajstić information content (AvgIpc) is 3.13. The van der Waals surface area contributed by atoms with Crippen LogP contribution in [0, 0.1) is 13.0 Å². The molecule has 0 aromatic heterocycles. The van der Waals surface area contributed by atoms with Gasteiger partial charge in [0.05, 0.1) is 25.5 Å². The number of ether oxygens (including phenoxy) is 2. The van der Waals surface area contributed by atoms with Crippen LogP contribution in [0.3, 0.4) is 0 Å². The minimum Gasteiger partial charge on any atom is -0.487 e. The first-order valence-electron chi connectivity index (χ1n) is 11.1. The van der Waals surface area contributed by atoms with Gasteiger partial charge in [-0.05, 0) is 87.5 Å². The van der Waals surface area contributed by atoms with Gasteiger partial charge in [0.1, 0.15) is 18.2 Å². The molecule has 3 aromatic rings. The van der Waals surface area contributed by atoms with Crippen molar-refractivity contribution in [3.05, 3.63) is 113 Å². The van der Waals surface area contributed by atoms with Gasteiger partial charge in [0.25, 0.3) is 0 Å². The summed E-state index contributed by atoms with van der Waals surface area (Å²) in [6.07, 6.45) is 0. The van der Waals surface area contributed by atoms with Gasteiger partial charge in [-0.25, -0.2) is 9.18 Å². The summed E-state index contributed by atoms with van der Waals surface area (Å²) in [5.41, 5.74) is 5.24. The van der Waals surface area contributed by atoms with Gasteiger partial charge in [-0.1, -0.05) is 36.4 Å². The summed E-state index contributed by atoms with van der Waals surface area (Å²) < 4.78 is 26.4. The van der Waals surface area contributed by atoms with E-state index in [9.17, 15) is 14.0 Å². The molecule has 1 atom stereocenters. The van der Waals surface area contributed by atoms with Crippen molar-refractivity contribution in [2.45, 2.75) is 19.4 Å². The van der Waals surface area contributed by atoms with E-state index in [4.69, 9.17) is 9.47 Å². The van der Waals surface area contributed by atoms with Crippen molar-refractivity contribution < 1.29 is 23.5 Å². The number of rotatable bonds is 5. The van der Waals surface area contributed by atoms with E-state index in [1.165, 1.54) is 19.2 Å². The zero-order chi connectivity index (χ0) is 25.6. The van der Waals surface area contributed by atoms with Crippen molar-refractivity contribution in [3.8, 4) is 5.75 Å². The lowest BCUT2D eigenvalue weighted by molar-refractivity contribution is -0.136. The van der Waals surface area contributed by atoms with E-state index < -0.39 is 11.9 Å². The summed E-state index contributed by atoms with van der Waals surface area (Å²) in [5, 5.41) is 3.29. The van der Waals surface area contributed by atoms with Crippen molar-refractivity contribution in [2.75, 3.05) is 7.11 Å². The maximum atomic E-state index is 13.6. The maximum absolute atomic E-state index is 13.6. The van der Waals surface area contributed by atoms with Gasteiger partial charge in [-0.15, -0.1) is 0 Å². The Morgan fingerprint density at radius 3 is 2.39 bits per heavy atom. The van der Waals surface area contributed by atoms with Crippen molar-refractivity contribution in [1.82, 2.24) is 5.32 Å². The molecule has 5 rings (SSSR count). The lowest BCUT2D eigenvalue weighted by atomic mass is 9.80. The van der Waals surface area contributed by atoms with E-state index in [0.29, 0.717) is 28.2 Å². The molecule has 0 spiro atoms. The summed E-state index contributed by atoms with van der Waals surface area (Å²) in [7, 11) is 1.34. The van der Waals surface area contributed by atoms with Crippen LogP contribution in [-0.2, 0) is 16.1 Å². The Balaban J connectivity index is 1.58. The van der Waals surface area contributed by atoms with Crippen LogP contribution < -0.4 is 10.1 Å². The second-order valence-electron chi connectivity index (χ2n) is 8.48. The van der Waals surface area contributed by atoms with Gasteiger partial charge >= 0.3 is 5.97 Å². The Morgan fingerprint density at radius 1 is 1.03 bits per heavy atom. The normalized spacial score (nSPS) is 16.5. The highest BCUT2D eigenvalue weighted by atomic mass is 127. The number of carbonyl (C=O) groups excluding carboxylic acids is 2. The summed E-state index contributed by atoms with van der Waals surface area (Å²) in [6, 6.07) is 17.6. The molecule has 182 valence electrons. The van der Waals surface area contributed by atoms with Crippen molar-refractivity contribution in [1.29, 1.82) is 0 Å². The quantitative estimate of drug-likeness (QED) is 0.248. The van der Waals surface area contributed by atoms with E-state index in [1.54, 1.807) is 18.2 Å². The number of nitrogens with one attached hydrogen (secondary N) is 1. The van der Waals surface area contributed by atoms with Crippen LogP contribution in [0.4, 0.5) is 4.39 Å². The number of halogens is 3. The molecule has 0 saturated heterocycles. The first-order valence-corrected chi connectivity index (χ1v) is 13.3. The maximum Gasteiger partial charge on any atom is 0.336 e. The number of methoxy groups -OCH3 is 1. The highest BCUT2D eigenvalue weighted by molar-refractivity contribution is 14.1. The van der Waals surface area contributed by atoms with Crippen LogP contribution in [0.1, 0.15) is 39.9 Å². The number of allylic oxidation sites excluding steroid dienone is 2. The number of benzene rings is 3. The molecule has 8 heteroatoms. The Labute approximate surface area is 235 Å². The van der Waals surface area contributed by atoms with E-state index in [0.717, 1.165) is 29.5 Å². The second kappa shape index (κ2) is 9.97. The molecule has 5 nitrogen and oxygen atoms in total. The smallest absolute Gasteiger partial charge is 0.336 e. The monoisotopic (exact) mass is 707 g/mol. The van der Waals surface area contributed by atoms with E-state index in [1.807, 2.05) is 37.3 Å². The molecule has 0 saturated carbocycles. The number of dihydropyridines is 1. The van der Waals surface area contributed by atoms with Gasteiger partial charge in [-0.3, -0.25) is 4.79 Å². The minimum absolute atomic E-state index is 0.108. The molecule has 0 fully saturated rings. The standard InChI is InChI=1S/C28H20FI2NO4/c1-14-22(28(34)35-2)23(24-25(32-14)18-8-3-4-9-19(18)26(24)33)16-11-20(30)27(21(31)12-16)36-13-15-6-5-7-17(29)10-15/h3-12,23,32H,13H2,1-2H3/t23-/m0/s1. The SMILES string of the molecule is COC(=O)C1=C(C)NC2=C(C(=O)c3ccccc32)[C@H]1c1cc(I)c(OCc2cccc(F)c2)c(I)c1. The Hall–Kier alpha value is -2.73. The third-order valence-electron chi connectivity index (χ3n) is 6.28. The van der Waals surface area contributed by atoms with Gasteiger partial charge in [0.2, 0.25) is 0 Å². The molecule has 3 aromatic carbocycles. The first kappa shape index (κ1) is 24.9. The lowest BCUT2D eigenvalue weighted by Gasteiger charge is -2.29. The average molecular weight is 707 g/mol. The van der Waals surface area contributed by atoms with Crippen molar-refractivity contribution in [3.63, 3.8) is 0 Å². The third-order valence-corrected chi connectivity index (χ3v) is 7.88. The fourth-order valence-electron chi connectivity index (χ4n) is 4.71. The molecule has 1 aliphatic carbocycles. The van der Waals surface area contributed by atoms with Crippen molar-refractivity contribution >= 4 is 62.6 Å². The van der Waals surface area contributed by atoms with Gasteiger partial charge in [-0.2, -0.15) is 0 Å². The summed E-state index contributed by atoms with van der Waals surface area (Å²) >= 11 is 4.38. The molecule has 0 bridgehead atoms. The molecular weight excluding hydrogens is 687 g/mol. The zero-order valence-corrected chi connectivity index (χ0v) is 23.6. The summed E-state index contributed by atoms with van der Waals surface area (Å²) in [6.45, 7) is 2.03. The predicted molar refractivity (Wildman–Crippen MR) is 151 cm³/mol. The van der Waals surface area contributed by atoms with Gasteiger partial charge in [0, 0.05) is 28.3 Å². The first-order chi connectivity index (χ1) is 17.3. The fourth-order valence-corrected chi connectivity index (χ4v) is 6.84. The van der Waals surface area contributed by atoms with E-state index >= 15 is 0 Å². The summed E-state index contributed by atoms with van der Waals surface area (Å²) in [4.78, 5) is 26.5. The zero-order valence-electron chi connectivity index (χ0n) is 19.3. The molecule has 36 heavy (non-hydrogen) atoms. The number of carbonyl (C=O) groups is 2. The number of esters is 1. The van der Waals surface area contributed by atoms with Crippen LogP contribution in [-0.4, -0.2) is 18.9 Å². The molecule has 1 N–H and O–H groups in total. The highest BCUT2D eigenvalue weighted by Gasteiger charge is 2.43. The number of Topliss-reactive ketones (excluding diaryl/α,β-unsaturated/α-hetero) is 1. The molecule has 1 aliphatic heterocycles. The number of fused-ring (bicyclic) bond motifs is 2. The molecule has 0 unspecified atom stereocenters. The largest absolute Gasteiger partial charge is 0.487 e. The lowest BCUT2D eigenvalue weighted by Crippen LogP contribution is -2.29. The molecule has 2 aliphatic rings. The van der Waals surface area contributed by atoms with Gasteiger partial charge in [0.15, 0.2) is 5.78 Å². The number of ketones is 1. The topological polar surface area (TPSA) is 64.6 Å². The van der Waals surface area contributed by atoms with Crippen LogP contribution in [0.2, 0.25) is 0 Å². The van der Waals surface area contributed by atoms with Crippen LogP contribution in [0.25, 0.3) is 5.70 Å². The predicted octanol–water partition coefficient (Wildman–Crippen LogP) is 6.36. The Morgan fingerprint density at radius 2 is 1.72 bits per heavy atom. The van der Waals surface area contributed by atoms with E-state index in [-0.39, 0.29) is 18.2 Å². The van der Waals surface area contributed by atoms with Gasteiger partial charge < -0.3 is 14.8 Å². The fraction of sp³-hybridized carbons (Fsp3) is 0.143. The Bertz CT molecular complexity index is 1470. The third kappa shape index (κ3) is 4.34. The highest BCUT2D eigenvalue weighted by Crippen LogP contribution is 2.48. The molecule has 1 heterocycles. The second-order valence-corrected chi connectivity index (χ2v) is 10.8. The molecule has 0 amide bonds. The van der Waals surface area contributed by atoms with Crippen molar-refractivity contribution in [2.24, 2.45) is 0 Å². The molecule has 0 radical (unpaired) electrons. The number of hydrogen-bond acceptors (Lipinski definition) is 5. The molecular formula is C28H20FI2NO4. The minimum atomic E-state index is -0.604. The Kier molecular flexibility index (Phi) is 6.90. The van der Waals surface area contributed by atoms with Crippen LogP contribution >= 0.6 is 45.2 Å².